The van der Waals surface area contributed by atoms with Crippen LogP contribution in [-0.4, -0.2) is 185 Å². The van der Waals surface area contributed by atoms with Crippen LogP contribution in [0.15, 0.2) is 51.4 Å². The Kier molecular flexibility index (Phi) is 15.2. The molecule has 4 aliphatic rings. The van der Waals surface area contributed by atoms with Crippen LogP contribution in [0.1, 0.15) is 57.0 Å². The van der Waals surface area contributed by atoms with Crippen LogP contribution >= 0.6 is 34.9 Å². The number of oxime groups is 1. The summed E-state index contributed by atoms with van der Waals surface area (Å²) in [4.78, 5) is 59.5. The molecule has 3 radical (unpaired) electrons. The van der Waals surface area contributed by atoms with Gasteiger partial charge in [-0.1, -0.05) is 32.3 Å². The first-order chi connectivity index (χ1) is 26.7. The van der Waals surface area contributed by atoms with Gasteiger partial charge in [0, 0.05) is 134 Å². The number of thiazole rings is 1. The third kappa shape index (κ3) is 8.93. The molecule has 0 spiro atoms. The van der Waals surface area contributed by atoms with Crippen molar-refractivity contribution in [3.05, 3.63) is 58.1 Å². The van der Waals surface area contributed by atoms with Crippen LogP contribution in [0.25, 0.3) is 5.78 Å². The summed E-state index contributed by atoms with van der Waals surface area (Å²) in [5, 5.41) is 43.8. The summed E-state index contributed by atoms with van der Waals surface area (Å²) >= 11 is 3.77. The van der Waals surface area contributed by atoms with Crippen molar-refractivity contribution in [2.24, 2.45) is 22.4 Å². The first-order valence-electron chi connectivity index (χ1n) is 17.8. The average Bonchev–Trinajstić information content (AvgIpc) is 3.57. The Bertz CT molecular complexity index is 2360. The molecule has 17 nitrogen and oxygen atoms in total. The predicted molar refractivity (Wildman–Crippen MR) is 224 cm³/mol. The molecule has 1 aromatic carbocycles. The Morgan fingerprint density at radius 1 is 1.14 bits per heavy atom. The largest absolute Gasteiger partial charge is 0.504 e. The Balaban J connectivity index is 0.00000220. The fourth-order valence-electron chi connectivity index (χ4n) is 8.18. The molecular formula is C36H39N9Na3O8S3. The summed E-state index contributed by atoms with van der Waals surface area (Å²) in [5.41, 5.74) is 6.74. The van der Waals surface area contributed by atoms with Gasteiger partial charge >= 0.3 is 5.97 Å². The van der Waals surface area contributed by atoms with E-state index in [0.29, 0.717) is 40.3 Å². The quantitative estimate of drug-likeness (QED) is 0.0262. The van der Waals surface area contributed by atoms with Gasteiger partial charge in [-0.2, -0.15) is 14.6 Å². The second-order valence-corrected chi connectivity index (χ2v) is 18.0. The number of hydrogen-bond donors (Lipinski definition) is 5. The number of benzene rings is 1. The van der Waals surface area contributed by atoms with E-state index in [9.17, 15) is 29.7 Å². The van der Waals surface area contributed by atoms with Crippen LogP contribution in [0.4, 0.5) is 5.13 Å². The van der Waals surface area contributed by atoms with E-state index in [0.717, 1.165) is 41.3 Å². The third-order valence-corrected chi connectivity index (χ3v) is 14.2. The van der Waals surface area contributed by atoms with Crippen LogP contribution < -0.4 is 15.8 Å². The molecule has 2 saturated carbocycles. The minimum absolute atomic E-state index is 0. The zero-order chi connectivity index (χ0) is 39.7. The van der Waals surface area contributed by atoms with Crippen LogP contribution in [0, 0.1) is 24.2 Å². The molecule has 0 bridgehead atoms. The summed E-state index contributed by atoms with van der Waals surface area (Å²) in [5.74, 6) is -1.23. The van der Waals surface area contributed by atoms with E-state index >= 15 is 0 Å². The number of phenolic OH excluding ortho intramolecular Hbond substituents is 2. The number of aromatic hydroxyl groups is 2. The SMILES string of the molecule is Cc1cc(SCC2=C(C(=O)O)N3C(=O)[C@@H](NC(=O)C(=NOCc4cc(O)c(O)cc4OC45CC(C)CCC4C5(C)C)c4csc(N)n4)[C@H]3SC2)n2ncnc2n1.[Na].[Na].[Na]. The van der Waals surface area contributed by atoms with E-state index in [1.54, 1.807) is 4.52 Å². The number of carboxylic acid groups (broad SMARTS) is 1. The summed E-state index contributed by atoms with van der Waals surface area (Å²) in [6, 6.07) is 3.47. The molecule has 59 heavy (non-hydrogen) atoms. The van der Waals surface area contributed by atoms with Crippen molar-refractivity contribution in [1.29, 1.82) is 0 Å². The number of thioether (sulfide) groups is 2. The topological polar surface area (TPSA) is 240 Å². The van der Waals surface area contributed by atoms with Gasteiger partial charge in [0.15, 0.2) is 22.3 Å². The van der Waals surface area contributed by atoms with Crippen molar-refractivity contribution in [3.63, 3.8) is 0 Å². The number of carboxylic acids is 1. The number of rotatable bonds is 12. The molecule has 1 saturated heterocycles. The molecule has 3 aromatic heterocycles. The monoisotopic (exact) mass is 890 g/mol. The first kappa shape index (κ1) is 48.0. The van der Waals surface area contributed by atoms with Gasteiger partial charge in [-0.25, -0.2) is 14.8 Å². The number of aliphatic carboxylic acids is 1. The average molecular weight is 891 g/mol. The number of nitrogens with zero attached hydrogens (tertiary/aromatic N) is 7. The standard InChI is InChI=1S/C36H39N9O8S3.3Na/c1-16-5-6-24-35(3,4)36(24,10-16)53-23-9-22(47)21(46)8-18(23)11-52-43-26(20-14-56-33(37)41-20)29(48)42-27-30(49)44-28(32(50)51)19(13-55-31(27)44)12-54-25-7-17(2)40-34-38-15-39-45(25)34;;;/h7-9,14-16,24,27,31,46-47H,5-6,10-13H2,1-4H3,(H2,37,41)(H,42,48)(H,50,51);;;/t16?,24?,27-,31-,36?;;;/m1.../s1. The number of nitrogens with two attached hydrogens (primary N) is 1. The first-order valence-corrected chi connectivity index (χ1v) is 20.8. The van der Waals surface area contributed by atoms with Gasteiger partial charge in [0.05, 0.1) is 0 Å². The number of amides is 2. The summed E-state index contributed by atoms with van der Waals surface area (Å²) in [6.07, 6.45) is 4.37. The number of β-lactam (4-membered cyclic amide) rings is 1. The third-order valence-electron chi connectivity index (χ3n) is 11.1. The van der Waals surface area contributed by atoms with Crippen molar-refractivity contribution in [3.8, 4) is 17.2 Å². The molecule has 6 N–H and O–H groups in total. The number of aryl methyl sites for hydroxylation is 1. The van der Waals surface area contributed by atoms with Gasteiger partial charge in [-0.3, -0.25) is 14.5 Å². The van der Waals surface area contributed by atoms with Gasteiger partial charge in [0.25, 0.3) is 17.6 Å². The number of nitrogen functional groups attached to an aromatic ring is 1. The number of nitrogens with one attached hydrogen (secondary N) is 1. The Morgan fingerprint density at radius 3 is 2.59 bits per heavy atom. The van der Waals surface area contributed by atoms with Crippen molar-refractivity contribution >= 4 is 158 Å². The summed E-state index contributed by atoms with van der Waals surface area (Å²) < 4.78 is 8.25. The number of phenols is 2. The number of aromatic nitrogens is 5. The molecule has 23 heteroatoms. The maximum absolute atomic E-state index is 13.8. The Morgan fingerprint density at radius 2 is 1.88 bits per heavy atom. The molecule has 5 heterocycles. The smallest absolute Gasteiger partial charge is 0.352 e. The van der Waals surface area contributed by atoms with Crippen molar-refractivity contribution in [2.45, 2.75) is 75.6 Å². The van der Waals surface area contributed by atoms with Crippen LogP contribution in [0.2, 0.25) is 0 Å². The second-order valence-electron chi connectivity index (χ2n) is 15.0. The van der Waals surface area contributed by atoms with Gasteiger partial charge in [-0.15, -0.1) is 34.9 Å². The van der Waals surface area contributed by atoms with Gasteiger partial charge in [0.2, 0.25) is 0 Å². The molecule has 4 aromatic rings. The maximum Gasteiger partial charge on any atom is 0.352 e. The second kappa shape index (κ2) is 18.7. The van der Waals surface area contributed by atoms with Crippen molar-refractivity contribution < 1.29 is 39.3 Å². The summed E-state index contributed by atoms with van der Waals surface area (Å²) in [7, 11) is 0. The van der Waals surface area contributed by atoms with E-state index in [4.69, 9.17) is 15.3 Å². The maximum atomic E-state index is 13.8. The molecule has 3 fully saturated rings. The summed E-state index contributed by atoms with van der Waals surface area (Å²) in [6.45, 7) is 8.13. The number of fused-ring (bicyclic) bond motifs is 3. The predicted octanol–water partition coefficient (Wildman–Crippen LogP) is 2.79. The van der Waals surface area contributed by atoms with Gasteiger partial charge < -0.3 is 35.9 Å². The molecule has 2 amide bonds. The Labute approximate surface area is 418 Å². The van der Waals surface area contributed by atoms with Crippen molar-refractivity contribution in [1.82, 2.24) is 34.8 Å². The van der Waals surface area contributed by atoms with E-state index in [1.807, 2.05) is 13.0 Å². The fraction of sp³-hybridized carbons (Fsp3) is 0.444. The van der Waals surface area contributed by atoms with E-state index in [2.05, 4.69) is 51.3 Å². The van der Waals surface area contributed by atoms with E-state index < -0.39 is 34.8 Å². The van der Waals surface area contributed by atoms with Crippen LogP contribution in [0.5, 0.6) is 17.2 Å². The van der Waals surface area contributed by atoms with Crippen LogP contribution in [-0.2, 0) is 25.8 Å². The normalized spacial score (nSPS) is 24.0. The van der Waals surface area contributed by atoms with E-state index in [-0.39, 0.29) is 140 Å². The van der Waals surface area contributed by atoms with E-state index in [1.165, 1.54) is 52.3 Å². The number of ether oxygens (including phenoxy) is 1. The van der Waals surface area contributed by atoms with Crippen LogP contribution in [0.3, 0.4) is 0 Å². The number of anilines is 1. The molecule has 5 atom stereocenters. The van der Waals surface area contributed by atoms with Gasteiger partial charge in [-0.05, 0) is 43.4 Å². The number of hydrogen-bond acceptors (Lipinski definition) is 16. The molecule has 2 aliphatic carbocycles. The minimum Gasteiger partial charge on any atom is -0.504 e. The number of carbonyl (C=O) groups is 3. The molecular weight excluding hydrogens is 852 g/mol. The van der Waals surface area contributed by atoms with Gasteiger partial charge in [0.1, 0.15) is 52.1 Å². The Hall–Kier alpha value is -2.08. The minimum atomic E-state index is -1.25. The molecule has 2 aliphatic heterocycles. The zero-order valence-corrected chi connectivity index (χ0v) is 42.2. The zero-order valence-electron chi connectivity index (χ0n) is 33.8. The molecule has 8 rings (SSSR count). The fourth-order valence-corrected chi connectivity index (χ4v) is 11.3. The molecule has 297 valence electrons. The van der Waals surface area contributed by atoms with Crippen molar-refractivity contribution in [2.75, 3.05) is 17.2 Å². The molecule has 3 unspecified atom stereocenters. The number of carbonyl (C=O) groups excluding carboxylic acids is 2.